The maximum absolute atomic E-state index is 12.9. The quantitative estimate of drug-likeness (QED) is 0.410. The minimum absolute atomic E-state index is 0.0587. The second-order valence-electron chi connectivity index (χ2n) is 7.00. The van der Waals surface area contributed by atoms with Crippen molar-refractivity contribution in [2.24, 2.45) is 0 Å². The van der Waals surface area contributed by atoms with Gasteiger partial charge < -0.3 is 19.6 Å². The number of ether oxygens (including phenoxy) is 1. The zero-order valence-electron chi connectivity index (χ0n) is 17.5. The van der Waals surface area contributed by atoms with Crippen molar-refractivity contribution in [2.45, 2.75) is 19.9 Å². The second kappa shape index (κ2) is 9.54. The fourth-order valence-electron chi connectivity index (χ4n) is 3.65. The van der Waals surface area contributed by atoms with Crippen LogP contribution in [0.15, 0.2) is 54.2 Å². The van der Waals surface area contributed by atoms with Crippen LogP contribution in [-0.2, 0) is 9.59 Å². The number of aromatic nitrogens is 1. The van der Waals surface area contributed by atoms with E-state index in [1.807, 2.05) is 0 Å². The van der Waals surface area contributed by atoms with Crippen LogP contribution in [-0.4, -0.2) is 64.9 Å². The Bertz CT molecular complexity index is 921. The molecule has 0 radical (unpaired) electrons. The maximum Gasteiger partial charge on any atom is 0.295 e. The molecular weight excluding hydrogens is 382 g/mol. The summed E-state index contributed by atoms with van der Waals surface area (Å²) in [5, 5.41) is 11.0. The van der Waals surface area contributed by atoms with Gasteiger partial charge in [0.25, 0.3) is 11.7 Å². The van der Waals surface area contributed by atoms with Crippen LogP contribution in [0.4, 0.5) is 0 Å². The number of rotatable bonds is 8. The van der Waals surface area contributed by atoms with E-state index in [0.29, 0.717) is 30.1 Å². The molecule has 0 aliphatic carbocycles. The van der Waals surface area contributed by atoms with Gasteiger partial charge in [0, 0.05) is 24.8 Å². The summed E-state index contributed by atoms with van der Waals surface area (Å²) in [4.78, 5) is 33.9. The first-order valence-electron chi connectivity index (χ1n) is 10.1. The molecule has 0 spiro atoms. The van der Waals surface area contributed by atoms with Crippen LogP contribution in [0.25, 0.3) is 5.76 Å². The molecule has 30 heavy (non-hydrogen) atoms. The number of pyridine rings is 1. The lowest BCUT2D eigenvalue weighted by atomic mass is 9.98. The average molecular weight is 409 g/mol. The highest BCUT2D eigenvalue weighted by molar-refractivity contribution is 6.46. The zero-order chi connectivity index (χ0) is 21.7. The van der Waals surface area contributed by atoms with Crippen LogP contribution < -0.4 is 4.74 Å². The van der Waals surface area contributed by atoms with Crippen molar-refractivity contribution in [1.82, 2.24) is 14.8 Å². The third-order valence-electron chi connectivity index (χ3n) is 5.42. The maximum atomic E-state index is 12.9. The van der Waals surface area contributed by atoms with E-state index in [9.17, 15) is 14.7 Å². The SMILES string of the molecule is CCN(CC)CCN1C(=O)C(=O)C(=C(O)c2ccc(OC)cc2)[C@@H]1c1ccccn1. The number of methoxy groups -OCH3 is 1. The zero-order valence-corrected chi connectivity index (χ0v) is 17.5. The van der Waals surface area contributed by atoms with E-state index in [2.05, 4.69) is 23.7 Å². The molecule has 1 saturated heterocycles. The van der Waals surface area contributed by atoms with Crippen molar-refractivity contribution in [3.8, 4) is 5.75 Å². The van der Waals surface area contributed by atoms with Crippen molar-refractivity contribution in [3.05, 3.63) is 65.5 Å². The van der Waals surface area contributed by atoms with E-state index < -0.39 is 17.7 Å². The van der Waals surface area contributed by atoms with E-state index >= 15 is 0 Å². The highest BCUT2D eigenvalue weighted by atomic mass is 16.5. The molecule has 1 aliphatic rings. The van der Waals surface area contributed by atoms with Gasteiger partial charge in [-0.2, -0.15) is 0 Å². The molecule has 2 aromatic rings. The number of nitrogens with zero attached hydrogens (tertiary/aromatic N) is 3. The lowest BCUT2D eigenvalue weighted by Gasteiger charge is -2.27. The van der Waals surface area contributed by atoms with E-state index in [1.165, 1.54) is 4.90 Å². The summed E-state index contributed by atoms with van der Waals surface area (Å²) in [6, 6.07) is 11.3. The first-order chi connectivity index (χ1) is 14.5. The molecule has 1 atom stereocenters. The van der Waals surface area contributed by atoms with Crippen LogP contribution >= 0.6 is 0 Å². The minimum atomic E-state index is -0.733. The fraction of sp³-hybridized carbons (Fsp3) is 0.348. The lowest BCUT2D eigenvalue weighted by Crippen LogP contribution is -2.38. The molecule has 1 aromatic heterocycles. The number of aliphatic hydroxyl groups is 1. The topological polar surface area (TPSA) is 83.0 Å². The van der Waals surface area contributed by atoms with Gasteiger partial charge in [0.1, 0.15) is 17.6 Å². The number of Topliss-reactive ketones (excluding diaryl/α,β-unsaturated/α-hetero) is 1. The summed E-state index contributed by atoms with van der Waals surface area (Å²) in [6.07, 6.45) is 1.62. The van der Waals surface area contributed by atoms with Gasteiger partial charge in [0.2, 0.25) is 0 Å². The molecule has 158 valence electrons. The molecule has 1 N–H and O–H groups in total. The Kier molecular flexibility index (Phi) is 6.84. The molecular formula is C23H27N3O4. The summed E-state index contributed by atoms with van der Waals surface area (Å²) in [5.74, 6) is -0.893. The Labute approximate surface area is 176 Å². The minimum Gasteiger partial charge on any atom is -0.507 e. The van der Waals surface area contributed by atoms with Gasteiger partial charge in [-0.15, -0.1) is 0 Å². The number of benzene rings is 1. The van der Waals surface area contributed by atoms with Crippen LogP contribution in [0.3, 0.4) is 0 Å². The third kappa shape index (κ3) is 4.21. The summed E-state index contributed by atoms with van der Waals surface area (Å²) < 4.78 is 5.15. The van der Waals surface area contributed by atoms with Gasteiger partial charge in [0.05, 0.1) is 18.4 Å². The molecule has 7 nitrogen and oxygen atoms in total. The smallest absolute Gasteiger partial charge is 0.295 e. The number of hydrogen-bond acceptors (Lipinski definition) is 6. The molecule has 7 heteroatoms. The summed E-state index contributed by atoms with van der Waals surface area (Å²) >= 11 is 0. The molecule has 1 aromatic carbocycles. The highest BCUT2D eigenvalue weighted by Crippen LogP contribution is 2.38. The Balaban J connectivity index is 2.05. The van der Waals surface area contributed by atoms with Gasteiger partial charge >= 0.3 is 0 Å². The molecule has 1 aliphatic heterocycles. The molecule has 0 bridgehead atoms. The van der Waals surface area contributed by atoms with Gasteiger partial charge in [-0.3, -0.25) is 14.6 Å². The van der Waals surface area contributed by atoms with Crippen LogP contribution in [0.5, 0.6) is 5.75 Å². The summed E-state index contributed by atoms with van der Waals surface area (Å²) in [6.45, 7) is 6.80. The number of amides is 1. The van der Waals surface area contributed by atoms with Gasteiger partial charge in [-0.25, -0.2) is 0 Å². The van der Waals surface area contributed by atoms with Crippen molar-refractivity contribution >= 4 is 17.4 Å². The van der Waals surface area contributed by atoms with Gasteiger partial charge in [0.15, 0.2) is 0 Å². The standard InChI is InChI=1S/C23H27N3O4/c1-4-25(5-2)14-15-26-20(18-8-6-7-13-24-18)19(22(28)23(26)29)21(27)16-9-11-17(30-3)12-10-16/h6-13,20,27H,4-5,14-15H2,1-3H3/t20-/m0/s1. The van der Waals surface area contributed by atoms with E-state index in [1.54, 1.807) is 55.8 Å². The van der Waals surface area contributed by atoms with Crippen LogP contribution in [0.1, 0.15) is 31.1 Å². The Morgan fingerprint density at radius 2 is 1.83 bits per heavy atom. The number of carbonyl (C=O) groups is 2. The summed E-state index contributed by atoms with van der Waals surface area (Å²) in [5.41, 5.74) is 1.05. The first kappa shape index (κ1) is 21.5. The number of ketones is 1. The van der Waals surface area contributed by atoms with Crippen molar-refractivity contribution in [2.75, 3.05) is 33.3 Å². The monoisotopic (exact) mass is 409 g/mol. The van der Waals surface area contributed by atoms with Crippen molar-refractivity contribution < 1.29 is 19.4 Å². The number of hydrogen-bond donors (Lipinski definition) is 1. The van der Waals surface area contributed by atoms with Gasteiger partial charge in [-0.05, 0) is 49.5 Å². The third-order valence-corrected chi connectivity index (χ3v) is 5.42. The molecule has 1 fully saturated rings. The number of carbonyl (C=O) groups excluding carboxylic acids is 2. The van der Waals surface area contributed by atoms with Crippen molar-refractivity contribution in [1.29, 1.82) is 0 Å². The predicted molar refractivity (Wildman–Crippen MR) is 114 cm³/mol. The number of aliphatic hydroxyl groups excluding tert-OH is 1. The molecule has 2 heterocycles. The molecule has 1 amide bonds. The average Bonchev–Trinajstić information content (AvgIpc) is 3.05. The number of likely N-dealkylation sites (tertiary alicyclic amines) is 1. The normalized spacial score (nSPS) is 18.3. The molecule has 0 unspecified atom stereocenters. The van der Waals surface area contributed by atoms with Crippen molar-refractivity contribution in [3.63, 3.8) is 0 Å². The van der Waals surface area contributed by atoms with E-state index in [4.69, 9.17) is 4.74 Å². The Morgan fingerprint density at radius 1 is 1.13 bits per heavy atom. The number of likely N-dealkylation sites (N-methyl/N-ethyl adjacent to an activating group) is 1. The van der Waals surface area contributed by atoms with Crippen LogP contribution in [0.2, 0.25) is 0 Å². The Morgan fingerprint density at radius 3 is 2.40 bits per heavy atom. The van der Waals surface area contributed by atoms with Gasteiger partial charge in [-0.1, -0.05) is 19.9 Å². The summed E-state index contributed by atoms with van der Waals surface area (Å²) in [7, 11) is 1.55. The molecule has 3 rings (SSSR count). The Hall–Kier alpha value is -3.19. The van der Waals surface area contributed by atoms with Crippen LogP contribution in [0, 0.1) is 0 Å². The molecule has 0 saturated carbocycles. The van der Waals surface area contributed by atoms with E-state index in [-0.39, 0.29) is 11.3 Å². The highest BCUT2D eigenvalue weighted by Gasteiger charge is 2.46. The predicted octanol–water partition coefficient (Wildman–Crippen LogP) is 2.85. The lowest BCUT2D eigenvalue weighted by molar-refractivity contribution is -0.140. The largest absolute Gasteiger partial charge is 0.507 e. The van der Waals surface area contributed by atoms with E-state index in [0.717, 1.165) is 13.1 Å². The first-order valence-corrected chi connectivity index (χ1v) is 10.1. The second-order valence-corrected chi connectivity index (χ2v) is 7.00. The fourth-order valence-corrected chi connectivity index (χ4v) is 3.65.